The number of hydrogen-bond donors (Lipinski definition) is 3. The fourth-order valence-electron chi connectivity index (χ4n) is 2.39. The quantitative estimate of drug-likeness (QED) is 0.214. The van der Waals surface area contributed by atoms with Crippen LogP contribution in [-0.4, -0.2) is 50.1 Å². The van der Waals surface area contributed by atoms with Crippen molar-refractivity contribution >= 4 is 53.1 Å². The summed E-state index contributed by atoms with van der Waals surface area (Å²) < 4.78 is 35.3. The highest BCUT2D eigenvalue weighted by atomic mass is 127. The zero-order valence-corrected chi connectivity index (χ0v) is 19.8. The largest absolute Gasteiger partial charge is 0.433 e. The van der Waals surface area contributed by atoms with E-state index in [4.69, 9.17) is 27.9 Å². The number of aliphatic hydroxyl groups excluding tert-OH is 1. The molecule has 0 saturated heterocycles. The fourth-order valence-corrected chi connectivity index (χ4v) is 2.97. The van der Waals surface area contributed by atoms with Crippen molar-refractivity contribution in [2.24, 2.45) is 10.9 Å². The molecule has 1 unspecified atom stereocenters. The van der Waals surface area contributed by atoms with Gasteiger partial charge in [0, 0.05) is 30.3 Å². The Labute approximate surface area is 196 Å². The third kappa shape index (κ3) is 10.3. The molecule has 1 aromatic rings. The molecule has 1 fully saturated rings. The molecule has 6 nitrogen and oxygen atoms in total. The lowest BCUT2D eigenvalue weighted by molar-refractivity contribution is -0.0503. The van der Waals surface area contributed by atoms with E-state index in [1.54, 1.807) is 0 Å². The van der Waals surface area contributed by atoms with E-state index in [0.717, 1.165) is 0 Å². The Balaban J connectivity index is 0.00000420. The second-order valence-electron chi connectivity index (χ2n) is 6.47. The van der Waals surface area contributed by atoms with Crippen molar-refractivity contribution in [2.45, 2.75) is 39.0 Å². The molecule has 1 atom stereocenters. The summed E-state index contributed by atoms with van der Waals surface area (Å²) in [6.45, 7) is 0.593. The van der Waals surface area contributed by atoms with Crippen molar-refractivity contribution in [1.29, 1.82) is 0 Å². The van der Waals surface area contributed by atoms with Gasteiger partial charge in [0.2, 0.25) is 0 Å². The SMILES string of the molecule is CCNC(=NCc1cc(Cl)cc(Cl)c1OC(F)F)NCC(O)COCC1CC1.I. The predicted molar refractivity (Wildman–Crippen MR) is 121 cm³/mol. The van der Waals surface area contributed by atoms with Crippen molar-refractivity contribution in [3.8, 4) is 5.75 Å². The summed E-state index contributed by atoms with van der Waals surface area (Å²) in [4.78, 5) is 4.32. The summed E-state index contributed by atoms with van der Waals surface area (Å²) >= 11 is 11.9. The summed E-state index contributed by atoms with van der Waals surface area (Å²) in [5.74, 6) is 0.880. The van der Waals surface area contributed by atoms with Gasteiger partial charge in [-0.3, -0.25) is 0 Å². The second-order valence-corrected chi connectivity index (χ2v) is 7.31. The minimum Gasteiger partial charge on any atom is -0.433 e. The van der Waals surface area contributed by atoms with Gasteiger partial charge >= 0.3 is 6.61 Å². The smallest absolute Gasteiger partial charge is 0.387 e. The molecular formula is C18H26Cl2F2IN3O3. The molecule has 166 valence electrons. The van der Waals surface area contributed by atoms with Gasteiger partial charge in [-0.2, -0.15) is 8.78 Å². The molecule has 0 aliphatic heterocycles. The van der Waals surface area contributed by atoms with Gasteiger partial charge in [-0.15, -0.1) is 24.0 Å². The van der Waals surface area contributed by atoms with E-state index >= 15 is 0 Å². The summed E-state index contributed by atoms with van der Waals surface area (Å²) in [5, 5.41) is 16.3. The Bertz CT molecular complexity index is 667. The molecule has 0 amide bonds. The maximum absolute atomic E-state index is 12.7. The third-order valence-corrected chi connectivity index (χ3v) is 4.41. The molecule has 1 saturated carbocycles. The molecule has 0 radical (unpaired) electrons. The van der Waals surface area contributed by atoms with Crippen LogP contribution >= 0.6 is 47.2 Å². The first-order valence-electron chi connectivity index (χ1n) is 9.09. The number of benzene rings is 1. The van der Waals surface area contributed by atoms with Crippen molar-refractivity contribution in [3.63, 3.8) is 0 Å². The first-order valence-corrected chi connectivity index (χ1v) is 9.85. The normalized spacial score (nSPS) is 15.1. The zero-order valence-electron chi connectivity index (χ0n) is 16.0. The van der Waals surface area contributed by atoms with Gasteiger partial charge in [0.25, 0.3) is 0 Å². The molecule has 3 N–H and O–H groups in total. The standard InChI is InChI=1S/C18H25Cl2F2N3O3.HI/c1-2-23-18(25-8-14(26)10-27-9-11-3-4-11)24-7-12-5-13(19)6-15(20)16(12)28-17(21)22;/h5-6,11,14,17,26H,2-4,7-10H2,1H3,(H2,23,24,25);1H. The second kappa shape index (κ2) is 13.6. The highest BCUT2D eigenvalue weighted by Crippen LogP contribution is 2.34. The van der Waals surface area contributed by atoms with Crippen LogP contribution in [0, 0.1) is 5.92 Å². The first-order chi connectivity index (χ1) is 13.4. The van der Waals surface area contributed by atoms with E-state index in [1.165, 1.54) is 25.0 Å². The Hall–Kier alpha value is -0.620. The number of ether oxygens (including phenoxy) is 2. The van der Waals surface area contributed by atoms with E-state index < -0.39 is 12.7 Å². The maximum atomic E-state index is 12.7. The molecule has 0 heterocycles. The van der Waals surface area contributed by atoms with Gasteiger partial charge in [-0.1, -0.05) is 23.2 Å². The highest BCUT2D eigenvalue weighted by Gasteiger charge is 2.21. The van der Waals surface area contributed by atoms with Gasteiger partial charge in [-0.25, -0.2) is 4.99 Å². The van der Waals surface area contributed by atoms with Crippen molar-refractivity contribution < 1.29 is 23.4 Å². The van der Waals surface area contributed by atoms with Crippen molar-refractivity contribution in [3.05, 3.63) is 27.7 Å². The summed E-state index contributed by atoms with van der Waals surface area (Å²) in [6.07, 6.45) is 1.69. The third-order valence-electron chi connectivity index (χ3n) is 3.91. The molecule has 11 heteroatoms. The Kier molecular flexibility index (Phi) is 12.4. The monoisotopic (exact) mass is 567 g/mol. The lowest BCUT2D eigenvalue weighted by Gasteiger charge is -2.16. The lowest BCUT2D eigenvalue weighted by atomic mass is 10.2. The number of aliphatic hydroxyl groups is 1. The van der Waals surface area contributed by atoms with Crippen LogP contribution in [0.3, 0.4) is 0 Å². The number of rotatable bonds is 11. The van der Waals surface area contributed by atoms with E-state index in [2.05, 4.69) is 20.4 Å². The molecule has 0 aromatic heterocycles. The Morgan fingerprint density at radius 1 is 1.31 bits per heavy atom. The van der Waals surface area contributed by atoms with Crippen molar-refractivity contribution in [2.75, 3.05) is 26.3 Å². The van der Waals surface area contributed by atoms with Crippen LogP contribution in [0.25, 0.3) is 0 Å². The Morgan fingerprint density at radius 2 is 2.03 bits per heavy atom. The number of alkyl halides is 2. The van der Waals surface area contributed by atoms with Crippen LogP contribution in [0.4, 0.5) is 8.78 Å². The van der Waals surface area contributed by atoms with Crippen LogP contribution in [0.5, 0.6) is 5.75 Å². The van der Waals surface area contributed by atoms with E-state index in [-0.39, 0.29) is 59.5 Å². The molecular weight excluding hydrogens is 542 g/mol. The summed E-state index contributed by atoms with van der Waals surface area (Å²) in [6, 6.07) is 2.80. The van der Waals surface area contributed by atoms with Crippen LogP contribution in [0.1, 0.15) is 25.3 Å². The Morgan fingerprint density at radius 3 is 2.66 bits per heavy atom. The minimum absolute atomic E-state index is 0. The molecule has 1 aliphatic rings. The molecule has 2 rings (SSSR count). The molecule has 1 aromatic carbocycles. The molecule has 0 spiro atoms. The number of nitrogens with one attached hydrogen (secondary N) is 2. The predicted octanol–water partition coefficient (Wildman–Crippen LogP) is 4.06. The van der Waals surface area contributed by atoms with Crippen LogP contribution in [0.2, 0.25) is 10.0 Å². The lowest BCUT2D eigenvalue weighted by Crippen LogP contribution is -2.42. The van der Waals surface area contributed by atoms with Crippen LogP contribution in [0.15, 0.2) is 17.1 Å². The maximum Gasteiger partial charge on any atom is 0.387 e. The molecule has 0 bridgehead atoms. The average molecular weight is 568 g/mol. The summed E-state index contributed by atoms with van der Waals surface area (Å²) in [7, 11) is 0. The van der Waals surface area contributed by atoms with E-state index in [0.29, 0.717) is 30.6 Å². The molecule has 29 heavy (non-hydrogen) atoms. The van der Waals surface area contributed by atoms with Gasteiger partial charge < -0.3 is 25.2 Å². The van der Waals surface area contributed by atoms with Gasteiger partial charge in [-0.05, 0) is 37.8 Å². The number of nitrogens with zero attached hydrogens (tertiary/aromatic N) is 1. The average Bonchev–Trinajstić information content (AvgIpc) is 3.44. The number of halogens is 5. The fraction of sp³-hybridized carbons (Fsp3) is 0.611. The first kappa shape index (κ1) is 26.4. The number of aliphatic imine (C=N–C) groups is 1. The van der Waals surface area contributed by atoms with Gasteiger partial charge in [0.05, 0.1) is 24.3 Å². The number of hydrogen-bond acceptors (Lipinski definition) is 4. The zero-order chi connectivity index (χ0) is 20.5. The van der Waals surface area contributed by atoms with Crippen LogP contribution < -0.4 is 15.4 Å². The van der Waals surface area contributed by atoms with Crippen LogP contribution in [-0.2, 0) is 11.3 Å². The van der Waals surface area contributed by atoms with E-state index in [9.17, 15) is 13.9 Å². The minimum atomic E-state index is -3.02. The summed E-state index contributed by atoms with van der Waals surface area (Å²) in [5.41, 5.74) is 0.323. The highest BCUT2D eigenvalue weighted by molar-refractivity contribution is 14.0. The van der Waals surface area contributed by atoms with E-state index in [1.807, 2.05) is 6.92 Å². The van der Waals surface area contributed by atoms with Crippen molar-refractivity contribution in [1.82, 2.24) is 10.6 Å². The van der Waals surface area contributed by atoms with Gasteiger partial charge in [0.15, 0.2) is 5.96 Å². The molecule has 1 aliphatic carbocycles. The number of guanidine groups is 1. The topological polar surface area (TPSA) is 75.1 Å². The van der Waals surface area contributed by atoms with Gasteiger partial charge in [0.1, 0.15) is 5.75 Å².